The van der Waals surface area contributed by atoms with Gasteiger partial charge in [-0.15, -0.1) is 0 Å². The molecule has 0 bridgehead atoms. The van der Waals surface area contributed by atoms with Crippen LogP contribution >= 0.6 is 0 Å². The van der Waals surface area contributed by atoms with Crippen molar-refractivity contribution in [1.82, 2.24) is 4.72 Å². The van der Waals surface area contributed by atoms with Gasteiger partial charge < -0.3 is 15.2 Å². The molecule has 7 heteroatoms. The lowest BCUT2D eigenvalue weighted by Gasteiger charge is -2.15. The number of benzene rings is 2. The van der Waals surface area contributed by atoms with E-state index >= 15 is 0 Å². The Balaban J connectivity index is 2.43. The summed E-state index contributed by atoms with van der Waals surface area (Å²) in [4.78, 5) is 0.139. The molecule has 0 saturated carbocycles. The molecule has 0 atom stereocenters. The van der Waals surface area contributed by atoms with Crippen LogP contribution in [0.1, 0.15) is 6.92 Å². The Labute approximate surface area is 136 Å². The lowest BCUT2D eigenvalue weighted by molar-refractivity contribution is 0.109. The maximum Gasteiger partial charge on any atom is 0.244 e. The minimum Gasteiger partial charge on any atom is -0.490 e. The summed E-state index contributed by atoms with van der Waals surface area (Å²) in [7, 11) is -3.72. The molecule has 0 aromatic heterocycles. The van der Waals surface area contributed by atoms with E-state index in [1.807, 2.05) is 25.1 Å². The van der Waals surface area contributed by atoms with E-state index in [0.29, 0.717) is 24.3 Å². The van der Waals surface area contributed by atoms with Crippen LogP contribution in [-0.2, 0) is 14.8 Å². The average Bonchev–Trinajstić information content (AvgIpc) is 2.56. The third-order valence-electron chi connectivity index (χ3n) is 3.24. The highest BCUT2D eigenvalue weighted by Gasteiger charge is 2.22. The lowest BCUT2D eigenvalue weighted by Crippen LogP contribution is -2.29. The van der Waals surface area contributed by atoms with Crippen molar-refractivity contribution in [3.63, 3.8) is 0 Å². The fraction of sp³-hybridized carbons (Fsp3) is 0.375. The van der Waals surface area contributed by atoms with E-state index < -0.39 is 10.0 Å². The minimum atomic E-state index is -3.72. The van der Waals surface area contributed by atoms with Gasteiger partial charge >= 0.3 is 0 Å². The van der Waals surface area contributed by atoms with Crippen molar-refractivity contribution in [2.45, 2.75) is 11.8 Å². The van der Waals surface area contributed by atoms with E-state index in [9.17, 15) is 8.42 Å². The van der Waals surface area contributed by atoms with Gasteiger partial charge in [-0.1, -0.05) is 30.3 Å². The highest BCUT2D eigenvalue weighted by Crippen LogP contribution is 2.32. The van der Waals surface area contributed by atoms with Gasteiger partial charge in [0.05, 0.1) is 6.61 Å². The number of hydrogen-bond donors (Lipinski definition) is 2. The van der Waals surface area contributed by atoms with Gasteiger partial charge in [0, 0.05) is 25.1 Å². The zero-order chi connectivity index (χ0) is 16.7. The number of ether oxygens (including phenoxy) is 2. The summed E-state index contributed by atoms with van der Waals surface area (Å²) in [6, 6.07) is 10.8. The van der Waals surface area contributed by atoms with Crippen molar-refractivity contribution >= 4 is 20.8 Å². The summed E-state index contributed by atoms with van der Waals surface area (Å²) in [5.41, 5.74) is 5.40. The Hall–Kier alpha value is -1.67. The fourth-order valence-electron chi connectivity index (χ4n) is 2.23. The first-order valence-corrected chi connectivity index (χ1v) is 9.00. The quantitative estimate of drug-likeness (QED) is 0.676. The number of nitrogens with two attached hydrogens (primary N) is 1. The van der Waals surface area contributed by atoms with E-state index in [1.165, 1.54) is 0 Å². The van der Waals surface area contributed by atoms with Gasteiger partial charge in [0.25, 0.3) is 0 Å². The molecule has 2 rings (SSSR count). The van der Waals surface area contributed by atoms with Crippen molar-refractivity contribution in [2.75, 3.05) is 32.9 Å². The molecular formula is C16H22N2O4S. The van der Waals surface area contributed by atoms with Crippen molar-refractivity contribution < 1.29 is 17.9 Å². The maximum atomic E-state index is 12.6. The van der Waals surface area contributed by atoms with Gasteiger partial charge in [0.15, 0.2) is 0 Å². The van der Waals surface area contributed by atoms with E-state index in [0.717, 1.165) is 5.39 Å². The standard InChI is InChI=1S/C16H22N2O4S/c1-2-21-11-12-22-15-8-7-13-5-3-4-6-14(13)16(15)23(19,20)18-10-9-17/h3-8,18H,2,9-12,17H2,1H3. The molecule has 23 heavy (non-hydrogen) atoms. The Morgan fingerprint density at radius 3 is 2.65 bits per heavy atom. The number of hydrogen-bond acceptors (Lipinski definition) is 5. The monoisotopic (exact) mass is 338 g/mol. The summed E-state index contributed by atoms with van der Waals surface area (Å²) in [5, 5.41) is 1.45. The molecule has 0 fully saturated rings. The fourth-order valence-corrected chi connectivity index (χ4v) is 3.63. The zero-order valence-electron chi connectivity index (χ0n) is 13.1. The smallest absolute Gasteiger partial charge is 0.244 e. The highest BCUT2D eigenvalue weighted by molar-refractivity contribution is 7.89. The molecule has 0 aliphatic heterocycles. The van der Waals surface area contributed by atoms with Crippen LogP contribution < -0.4 is 15.2 Å². The van der Waals surface area contributed by atoms with Gasteiger partial charge in [-0.25, -0.2) is 13.1 Å². The number of fused-ring (bicyclic) bond motifs is 1. The highest BCUT2D eigenvalue weighted by atomic mass is 32.2. The first-order chi connectivity index (χ1) is 11.1. The minimum absolute atomic E-state index is 0.139. The summed E-state index contributed by atoms with van der Waals surface area (Å²) in [6.45, 7) is 3.56. The van der Waals surface area contributed by atoms with Crippen LogP contribution in [0.15, 0.2) is 41.3 Å². The van der Waals surface area contributed by atoms with E-state index in [2.05, 4.69) is 4.72 Å². The summed E-state index contributed by atoms with van der Waals surface area (Å²) in [5.74, 6) is 0.313. The summed E-state index contributed by atoms with van der Waals surface area (Å²) in [6.07, 6.45) is 0. The number of sulfonamides is 1. The van der Waals surface area contributed by atoms with Crippen molar-refractivity contribution in [2.24, 2.45) is 5.73 Å². The maximum absolute atomic E-state index is 12.6. The van der Waals surface area contributed by atoms with Crippen LogP contribution in [0.5, 0.6) is 5.75 Å². The zero-order valence-corrected chi connectivity index (χ0v) is 13.9. The van der Waals surface area contributed by atoms with Gasteiger partial charge in [0.2, 0.25) is 10.0 Å². The van der Waals surface area contributed by atoms with Crippen LogP contribution in [0.2, 0.25) is 0 Å². The van der Waals surface area contributed by atoms with E-state index in [1.54, 1.807) is 18.2 Å². The number of rotatable bonds is 9. The Bertz CT molecular complexity index is 747. The Kier molecular flexibility index (Phi) is 6.35. The normalized spacial score (nSPS) is 11.7. The summed E-state index contributed by atoms with van der Waals surface area (Å²) >= 11 is 0. The molecule has 0 unspecified atom stereocenters. The lowest BCUT2D eigenvalue weighted by atomic mass is 10.1. The molecule has 6 nitrogen and oxygen atoms in total. The first-order valence-electron chi connectivity index (χ1n) is 7.52. The van der Waals surface area contributed by atoms with E-state index in [4.69, 9.17) is 15.2 Å². The molecule has 2 aromatic rings. The predicted molar refractivity (Wildman–Crippen MR) is 90.2 cm³/mol. The van der Waals surface area contributed by atoms with Crippen molar-refractivity contribution in [3.8, 4) is 5.75 Å². The second kappa shape index (κ2) is 8.26. The van der Waals surface area contributed by atoms with Gasteiger partial charge in [-0.3, -0.25) is 0 Å². The molecule has 0 heterocycles. The summed E-state index contributed by atoms with van der Waals surface area (Å²) < 4.78 is 38.6. The second-order valence-corrected chi connectivity index (χ2v) is 6.55. The SMILES string of the molecule is CCOCCOc1ccc2ccccc2c1S(=O)(=O)NCCN. The third kappa shape index (κ3) is 4.42. The Morgan fingerprint density at radius 2 is 1.91 bits per heavy atom. The predicted octanol–water partition coefficient (Wildman–Crippen LogP) is 1.49. The molecule has 0 spiro atoms. The van der Waals surface area contributed by atoms with Crippen LogP contribution in [0.4, 0.5) is 0 Å². The number of nitrogens with one attached hydrogen (secondary N) is 1. The molecule has 126 valence electrons. The van der Waals surface area contributed by atoms with E-state index in [-0.39, 0.29) is 24.6 Å². The molecule has 0 aliphatic carbocycles. The molecule has 0 aliphatic rings. The van der Waals surface area contributed by atoms with Crippen molar-refractivity contribution in [1.29, 1.82) is 0 Å². The first kappa shape index (κ1) is 17.7. The van der Waals surface area contributed by atoms with Crippen LogP contribution in [0.3, 0.4) is 0 Å². The third-order valence-corrected chi connectivity index (χ3v) is 4.78. The molecule has 3 N–H and O–H groups in total. The van der Waals surface area contributed by atoms with Crippen molar-refractivity contribution in [3.05, 3.63) is 36.4 Å². The average molecular weight is 338 g/mol. The second-order valence-electron chi connectivity index (χ2n) is 4.85. The molecule has 0 saturated heterocycles. The van der Waals surface area contributed by atoms with Crippen LogP contribution in [0.25, 0.3) is 10.8 Å². The molecule has 0 amide bonds. The van der Waals surface area contributed by atoms with Gasteiger partial charge in [0.1, 0.15) is 17.3 Å². The molecule has 0 radical (unpaired) electrons. The topological polar surface area (TPSA) is 90.6 Å². The largest absolute Gasteiger partial charge is 0.490 e. The Morgan fingerprint density at radius 1 is 1.13 bits per heavy atom. The molecule has 2 aromatic carbocycles. The van der Waals surface area contributed by atoms with Gasteiger partial charge in [-0.2, -0.15) is 0 Å². The van der Waals surface area contributed by atoms with Crippen LogP contribution in [0, 0.1) is 0 Å². The van der Waals surface area contributed by atoms with Crippen LogP contribution in [-0.4, -0.2) is 41.3 Å². The molecular weight excluding hydrogens is 316 g/mol. The van der Waals surface area contributed by atoms with Gasteiger partial charge in [-0.05, 0) is 18.4 Å².